The van der Waals surface area contributed by atoms with Crippen molar-refractivity contribution in [1.29, 1.82) is 0 Å². The van der Waals surface area contributed by atoms with Crippen LogP contribution in [-0.4, -0.2) is 38.3 Å². The summed E-state index contributed by atoms with van der Waals surface area (Å²) in [6.45, 7) is 2.45. The summed E-state index contributed by atoms with van der Waals surface area (Å²) in [6.07, 6.45) is 6.22. The quantitative estimate of drug-likeness (QED) is 0.827. The third-order valence-corrected chi connectivity index (χ3v) is 5.68. The van der Waals surface area contributed by atoms with Gasteiger partial charge in [-0.3, -0.25) is 4.79 Å². The Bertz CT molecular complexity index is 525. The Balaban J connectivity index is 0.00000208. The lowest BCUT2D eigenvalue weighted by Crippen LogP contribution is -2.56. The number of carbonyl (C=O) groups is 1. The number of ether oxygens (including phenoxy) is 1. The van der Waals surface area contributed by atoms with Gasteiger partial charge in [-0.05, 0) is 56.2 Å². The van der Waals surface area contributed by atoms with Gasteiger partial charge in [-0.1, -0.05) is 36.8 Å². The fourth-order valence-electron chi connectivity index (χ4n) is 3.91. The van der Waals surface area contributed by atoms with Crippen LogP contribution in [-0.2, 0) is 16.0 Å². The fraction of sp³-hybridized carbons (Fsp3) is 0.632. The highest BCUT2D eigenvalue weighted by Crippen LogP contribution is 2.43. The molecule has 3 rings (SSSR count). The topological polar surface area (TPSA) is 50.4 Å². The molecular formula is C19H29ClN2O2. The Morgan fingerprint density at radius 2 is 1.83 bits per heavy atom. The number of benzene rings is 1. The van der Waals surface area contributed by atoms with E-state index in [-0.39, 0.29) is 23.7 Å². The molecule has 0 spiro atoms. The zero-order valence-electron chi connectivity index (χ0n) is 14.5. The standard InChI is InChI=1S/C19H28N2O2.ClH/c1-23-19(10-12-20-13-11-19)17(22)21-15-18(8-5-9-18)14-16-6-3-2-4-7-16;/h2-4,6-7,20H,5,8-15H2,1H3,(H,21,22);1H. The van der Waals surface area contributed by atoms with Crippen molar-refractivity contribution in [1.82, 2.24) is 10.6 Å². The van der Waals surface area contributed by atoms with E-state index >= 15 is 0 Å². The van der Waals surface area contributed by atoms with Crippen molar-refractivity contribution >= 4 is 18.3 Å². The molecule has 1 saturated heterocycles. The summed E-state index contributed by atoms with van der Waals surface area (Å²) in [5.74, 6) is 0.0702. The van der Waals surface area contributed by atoms with Crippen LogP contribution >= 0.6 is 12.4 Å². The molecule has 0 atom stereocenters. The van der Waals surface area contributed by atoms with E-state index in [0.717, 1.165) is 38.9 Å². The summed E-state index contributed by atoms with van der Waals surface area (Å²) in [7, 11) is 1.66. The van der Waals surface area contributed by atoms with Crippen LogP contribution in [0.5, 0.6) is 0 Å². The molecule has 2 N–H and O–H groups in total. The van der Waals surface area contributed by atoms with Crippen molar-refractivity contribution in [2.45, 2.75) is 44.1 Å². The number of methoxy groups -OCH3 is 1. The Morgan fingerprint density at radius 3 is 2.38 bits per heavy atom. The molecule has 2 aliphatic rings. The first-order valence-electron chi connectivity index (χ1n) is 8.76. The van der Waals surface area contributed by atoms with Crippen LogP contribution in [0.4, 0.5) is 0 Å². The normalized spacial score (nSPS) is 21.2. The molecule has 0 aromatic heterocycles. The second-order valence-electron chi connectivity index (χ2n) is 7.15. The highest BCUT2D eigenvalue weighted by Gasteiger charge is 2.42. The minimum Gasteiger partial charge on any atom is -0.368 e. The predicted molar refractivity (Wildman–Crippen MR) is 98.5 cm³/mol. The molecular weight excluding hydrogens is 324 g/mol. The molecule has 24 heavy (non-hydrogen) atoms. The lowest BCUT2D eigenvalue weighted by molar-refractivity contribution is -0.147. The number of carbonyl (C=O) groups excluding carboxylic acids is 1. The van der Waals surface area contributed by atoms with Crippen LogP contribution < -0.4 is 10.6 Å². The molecule has 1 aromatic rings. The Morgan fingerprint density at radius 1 is 1.17 bits per heavy atom. The van der Waals surface area contributed by atoms with Crippen LogP contribution in [0.15, 0.2) is 30.3 Å². The number of rotatable bonds is 6. The number of hydrogen-bond acceptors (Lipinski definition) is 3. The predicted octanol–water partition coefficient (Wildman–Crippen LogP) is 2.71. The third-order valence-electron chi connectivity index (χ3n) is 5.68. The number of nitrogens with one attached hydrogen (secondary N) is 2. The minimum absolute atomic E-state index is 0. The van der Waals surface area contributed by atoms with Crippen molar-refractivity contribution in [2.24, 2.45) is 5.41 Å². The fourth-order valence-corrected chi connectivity index (χ4v) is 3.91. The van der Waals surface area contributed by atoms with Gasteiger partial charge >= 0.3 is 0 Å². The maximum atomic E-state index is 12.7. The SMILES string of the molecule is COC1(C(=O)NCC2(Cc3ccccc3)CCC2)CCNCC1.Cl. The molecule has 0 unspecified atom stereocenters. The maximum absolute atomic E-state index is 12.7. The lowest BCUT2D eigenvalue weighted by Gasteiger charge is -2.43. The Hall–Kier alpha value is -1.10. The van der Waals surface area contributed by atoms with E-state index in [9.17, 15) is 4.79 Å². The summed E-state index contributed by atoms with van der Waals surface area (Å²) in [6, 6.07) is 10.6. The first-order valence-corrected chi connectivity index (χ1v) is 8.76. The van der Waals surface area contributed by atoms with E-state index in [2.05, 4.69) is 41.0 Å². The number of amides is 1. The molecule has 2 fully saturated rings. The van der Waals surface area contributed by atoms with Crippen LogP contribution in [0.25, 0.3) is 0 Å². The molecule has 1 heterocycles. The van der Waals surface area contributed by atoms with Crippen LogP contribution in [0.2, 0.25) is 0 Å². The zero-order valence-corrected chi connectivity index (χ0v) is 15.3. The van der Waals surface area contributed by atoms with Gasteiger partial charge in [0.1, 0.15) is 5.60 Å². The molecule has 1 aliphatic heterocycles. The summed E-state index contributed by atoms with van der Waals surface area (Å²) < 4.78 is 5.62. The van der Waals surface area contributed by atoms with Gasteiger partial charge in [0.05, 0.1) is 0 Å². The molecule has 1 amide bonds. The summed E-state index contributed by atoms with van der Waals surface area (Å²) >= 11 is 0. The smallest absolute Gasteiger partial charge is 0.252 e. The van der Waals surface area contributed by atoms with E-state index in [0.29, 0.717) is 0 Å². The molecule has 5 heteroatoms. The summed E-state index contributed by atoms with van der Waals surface area (Å²) in [4.78, 5) is 12.7. The van der Waals surface area contributed by atoms with Gasteiger partial charge in [0.25, 0.3) is 5.91 Å². The average molecular weight is 353 g/mol. The molecule has 134 valence electrons. The van der Waals surface area contributed by atoms with Crippen LogP contribution in [0.1, 0.15) is 37.7 Å². The largest absolute Gasteiger partial charge is 0.368 e. The second kappa shape index (κ2) is 8.32. The second-order valence-corrected chi connectivity index (χ2v) is 7.15. The lowest BCUT2D eigenvalue weighted by atomic mass is 9.65. The van der Waals surface area contributed by atoms with Gasteiger partial charge in [0.15, 0.2) is 0 Å². The van der Waals surface area contributed by atoms with Gasteiger partial charge in [-0.15, -0.1) is 12.4 Å². The molecule has 0 bridgehead atoms. The van der Waals surface area contributed by atoms with Gasteiger partial charge < -0.3 is 15.4 Å². The number of piperidine rings is 1. The maximum Gasteiger partial charge on any atom is 0.252 e. The zero-order chi connectivity index (χ0) is 16.2. The van der Waals surface area contributed by atoms with Crippen molar-refractivity contribution in [3.63, 3.8) is 0 Å². The van der Waals surface area contributed by atoms with E-state index < -0.39 is 5.60 Å². The monoisotopic (exact) mass is 352 g/mol. The summed E-state index contributed by atoms with van der Waals surface area (Å²) in [5.41, 5.74) is 0.965. The molecule has 4 nitrogen and oxygen atoms in total. The molecule has 0 radical (unpaired) electrons. The van der Waals surface area contributed by atoms with Crippen molar-refractivity contribution in [3.05, 3.63) is 35.9 Å². The first-order chi connectivity index (χ1) is 11.2. The highest BCUT2D eigenvalue weighted by atomic mass is 35.5. The first kappa shape index (κ1) is 19.2. The van der Waals surface area contributed by atoms with Crippen LogP contribution in [0.3, 0.4) is 0 Å². The van der Waals surface area contributed by atoms with Gasteiger partial charge in [-0.25, -0.2) is 0 Å². The molecule has 1 aromatic carbocycles. The minimum atomic E-state index is -0.636. The van der Waals surface area contributed by atoms with Crippen molar-refractivity contribution < 1.29 is 9.53 Å². The summed E-state index contributed by atoms with van der Waals surface area (Å²) in [5, 5.41) is 6.51. The van der Waals surface area contributed by atoms with E-state index in [1.807, 2.05) is 0 Å². The third kappa shape index (κ3) is 4.11. The van der Waals surface area contributed by atoms with E-state index in [1.165, 1.54) is 24.8 Å². The number of halogens is 1. The Labute approximate surface area is 151 Å². The van der Waals surface area contributed by atoms with E-state index in [1.54, 1.807) is 7.11 Å². The Kier molecular flexibility index (Phi) is 6.67. The van der Waals surface area contributed by atoms with Crippen LogP contribution in [0, 0.1) is 5.41 Å². The average Bonchev–Trinajstić information content (AvgIpc) is 2.58. The number of hydrogen-bond donors (Lipinski definition) is 2. The molecule has 1 aliphatic carbocycles. The van der Waals surface area contributed by atoms with Gasteiger partial charge in [0, 0.05) is 13.7 Å². The van der Waals surface area contributed by atoms with Gasteiger partial charge in [-0.2, -0.15) is 0 Å². The van der Waals surface area contributed by atoms with Crippen molar-refractivity contribution in [2.75, 3.05) is 26.7 Å². The molecule has 1 saturated carbocycles. The highest BCUT2D eigenvalue weighted by molar-refractivity contribution is 5.85. The van der Waals surface area contributed by atoms with Crippen molar-refractivity contribution in [3.8, 4) is 0 Å². The van der Waals surface area contributed by atoms with Gasteiger partial charge in [0.2, 0.25) is 0 Å². The van der Waals surface area contributed by atoms with E-state index in [4.69, 9.17) is 4.74 Å².